The fourth-order valence-electron chi connectivity index (χ4n) is 2.49. The molecule has 130 valence electrons. The third-order valence-electron chi connectivity index (χ3n) is 3.75. The Bertz CT molecular complexity index is 1150. The molecule has 4 aromatic rings. The molecule has 0 bridgehead atoms. The summed E-state index contributed by atoms with van der Waals surface area (Å²) in [6.07, 6.45) is 1.94. The molecular weight excluding hydrogens is 370 g/mol. The van der Waals surface area contributed by atoms with Crippen LogP contribution in [0, 0.1) is 6.92 Å². The van der Waals surface area contributed by atoms with Crippen molar-refractivity contribution < 1.29 is 4.79 Å². The lowest BCUT2D eigenvalue weighted by molar-refractivity contribution is 0.102. The van der Waals surface area contributed by atoms with Gasteiger partial charge in [-0.1, -0.05) is 41.7 Å². The van der Waals surface area contributed by atoms with E-state index >= 15 is 0 Å². The highest BCUT2D eigenvalue weighted by Crippen LogP contribution is 2.19. The van der Waals surface area contributed by atoms with Crippen LogP contribution in [-0.4, -0.2) is 25.5 Å². The van der Waals surface area contributed by atoms with Gasteiger partial charge < -0.3 is 0 Å². The van der Waals surface area contributed by atoms with Gasteiger partial charge in [-0.15, -0.1) is 21.5 Å². The number of thiazole rings is 1. The van der Waals surface area contributed by atoms with E-state index in [9.17, 15) is 9.59 Å². The van der Waals surface area contributed by atoms with Gasteiger partial charge in [0.05, 0.1) is 0 Å². The first kappa shape index (κ1) is 16.6. The van der Waals surface area contributed by atoms with Gasteiger partial charge in [-0.2, -0.15) is 0 Å². The molecule has 26 heavy (non-hydrogen) atoms. The van der Waals surface area contributed by atoms with E-state index in [1.54, 1.807) is 6.92 Å². The molecule has 0 aliphatic rings. The van der Waals surface area contributed by atoms with Gasteiger partial charge in [-0.25, -0.2) is 4.98 Å². The lowest BCUT2D eigenvalue weighted by Crippen LogP contribution is -2.26. The maximum Gasteiger partial charge on any atom is 0.271 e. The molecule has 0 aliphatic heterocycles. The van der Waals surface area contributed by atoms with E-state index in [4.69, 9.17) is 0 Å². The molecule has 4 rings (SSSR count). The lowest BCUT2D eigenvalue weighted by atomic mass is 10.2. The largest absolute Gasteiger partial charge is 0.296 e. The number of rotatable bonds is 4. The number of carbonyl (C=O) groups is 1. The monoisotopic (exact) mass is 383 g/mol. The number of nitrogens with zero attached hydrogens (tertiary/aromatic N) is 4. The molecule has 3 heterocycles. The molecule has 0 fully saturated rings. The molecule has 7 nitrogen and oxygen atoms in total. The Morgan fingerprint density at radius 3 is 2.85 bits per heavy atom. The highest BCUT2D eigenvalue weighted by atomic mass is 32.1. The zero-order valence-corrected chi connectivity index (χ0v) is 15.3. The number of anilines is 1. The number of amides is 1. The maximum atomic E-state index is 12.5. The molecule has 1 amide bonds. The van der Waals surface area contributed by atoms with Crippen LogP contribution in [0.5, 0.6) is 0 Å². The van der Waals surface area contributed by atoms with E-state index in [0.29, 0.717) is 16.5 Å². The number of aromatic nitrogens is 4. The number of hydrogen-bond acceptors (Lipinski definition) is 7. The molecule has 0 unspecified atom stereocenters. The highest BCUT2D eigenvalue weighted by Gasteiger charge is 2.17. The van der Waals surface area contributed by atoms with E-state index in [2.05, 4.69) is 20.5 Å². The van der Waals surface area contributed by atoms with Crippen molar-refractivity contribution in [2.24, 2.45) is 0 Å². The van der Waals surface area contributed by atoms with Crippen LogP contribution in [0.25, 0.3) is 4.96 Å². The Labute approximate surface area is 156 Å². The van der Waals surface area contributed by atoms with Crippen molar-refractivity contribution in [2.75, 3.05) is 5.32 Å². The normalized spacial score (nSPS) is 11.0. The van der Waals surface area contributed by atoms with Crippen LogP contribution in [0.2, 0.25) is 0 Å². The number of hydrogen-bond donors (Lipinski definition) is 1. The van der Waals surface area contributed by atoms with Crippen molar-refractivity contribution in [3.8, 4) is 0 Å². The van der Waals surface area contributed by atoms with Gasteiger partial charge in [0.15, 0.2) is 4.96 Å². The van der Waals surface area contributed by atoms with Crippen molar-refractivity contribution in [3.05, 3.63) is 74.1 Å². The first-order valence-corrected chi connectivity index (χ1v) is 9.45. The Balaban J connectivity index is 1.55. The zero-order chi connectivity index (χ0) is 18.1. The van der Waals surface area contributed by atoms with Crippen LogP contribution in [-0.2, 0) is 6.42 Å². The Morgan fingerprint density at radius 1 is 1.23 bits per heavy atom. The number of nitrogens with one attached hydrogen (secondary N) is 1. The van der Waals surface area contributed by atoms with E-state index < -0.39 is 5.91 Å². The molecule has 3 aromatic heterocycles. The second-order valence-corrected chi connectivity index (χ2v) is 7.49. The number of fused-ring (bicyclic) bond motifs is 1. The molecule has 0 saturated heterocycles. The molecule has 0 spiro atoms. The Kier molecular flexibility index (Phi) is 4.31. The summed E-state index contributed by atoms with van der Waals surface area (Å²) < 4.78 is 1.43. The van der Waals surface area contributed by atoms with E-state index in [-0.39, 0.29) is 11.1 Å². The molecule has 9 heteroatoms. The fraction of sp³-hybridized carbons (Fsp3) is 0.118. The first-order valence-electron chi connectivity index (χ1n) is 7.75. The van der Waals surface area contributed by atoms with E-state index in [0.717, 1.165) is 16.3 Å². The SMILES string of the molecule is Cc1csc2ncc(C(=O)Nc3nnc(Cc4ccccc4)s3)c(=O)n12. The summed E-state index contributed by atoms with van der Waals surface area (Å²) in [5.41, 5.74) is 1.45. The molecule has 0 aliphatic carbocycles. The zero-order valence-electron chi connectivity index (χ0n) is 13.7. The summed E-state index contributed by atoms with van der Waals surface area (Å²) in [7, 11) is 0. The van der Waals surface area contributed by atoms with Crippen molar-refractivity contribution in [2.45, 2.75) is 13.3 Å². The third kappa shape index (κ3) is 3.14. The Morgan fingerprint density at radius 2 is 2.04 bits per heavy atom. The van der Waals surface area contributed by atoms with Gasteiger partial charge in [0.1, 0.15) is 10.6 Å². The summed E-state index contributed by atoms with van der Waals surface area (Å²) in [5, 5.41) is 13.7. The van der Waals surface area contributed by atoms with Crippen molar-refractivity contribution >= 4 is 38.7 Å². The second kappa shape index (κ2) is 6.77. The second-order valence-electron chi connectivity index (χ2n) is 5.59. The number of carbonyl (C=O) groups excluding carboxylic acids is 1. The Hall–Kier alpha value is -2.91. The van der Waals surface area contributed by atoms with Gasteiger partial charge >= 0.3 is 0 Å². The number of aryl methyl sites for hydroxylation is 1. The fourth-order valence-corrected chi connectivity index (χ4v) is 4.09. The highest BCUT2D eigenvalue weighted by molar-refractivity contribution is 7.15. The van der Waals surface area contributed by atoms with Crippen LogP contribution in [0.15, 0.2) is 46.7 Å². The van der Waals surface area contributed by atoms with Crippen molar-refractivity contribution in [3.63, 3.8) is 0 Å². The molecular formula is C17H13N5O2S2. The van der Waals surface area contributed by atoms with E-state index in [1.807, 2.05) is 35.7 Å². The maximum absolute atomic E-state index is 12.5. The van der Waals surface area contributed by atoms with Crippen LogP contribution >= 0.6 is 22.7 Å². The summed E-state index contributed by atoms with van der Waals surface area (Å²) in [6, 6.07) is 9.88. The van der Waals surface area contributed by atoms with Crippen molar-refractivity contribution in [1.29, 1.82) is 0 Å². The van der Waals surface area contributed by atoms with Gasteiger partial charge in [0.25, 0.3) is 11.5 Å². The molecule has 0 saturated carbocycles. The van der Waals surface area contributed by atoms with Gasteiger partial charge in [-0.3, -0.25) is 19.3 Å². The summed E-state index contributed by atoms with van der Waals surface area (Å²) >= 11 is 2.64. The van der Waals surface area contributed by atoms with Crippen LogP contribution in [0.1, 0.15) is 26.6 Å². The van der Waals surface area contributed by atoms with Gasteiger partial charge in [0.2, 0.25) is 5.13 Å². The lowest BCUT2D eigenvalue weighted by Gasteiger charge is -2.01. The van der Waals surface area contributed by atoms with E-state index in [1.165, 1.54) is 33.3 Å². The average molecular weight is 383 g/mol. The molecule has 1 N–H and O–H groups in total. The van der Waals surface area contributed by atoms with Crippen molar-refractivity contribution in [1.82, 2.24) is 19.6 Å². The quantitative estimate of drug-likeness (QED) is 0.585. The number of benzene rings is 1. The molecule has 1 aromatic carbocycles. The predicted molar refractivity (Wildman–Crippen MR) is 101 cm³/mol. The minimum atomic E-state index is -0.537. The topological polar surface area (TPSA) is 89.2 Å². The van der Waals surface area contributed by atoms with Gasteiger partial charge in [0, 0.05) is 23.7 Å². The molecule has 0 atom stereocenters. The summed E-state index contributed by atoms with van der Waals surface area (Å²) in [5.74, 6) is -0.537. The van der Waals surface area contributed by atoms with Crippen LogP contribution in [0.4, 0.5) is 5.13 Å². The van der Waals surface area contributed by atoms with Gasteiger partial charge in [-0.05, 0) is 12.5 Å². The summed E-state index contributed by atoms with van der Waals surface area (Å²) in [4.78, 5) is 29.7. The smallest absolute Gasteiger partial charge is 0.271 e. The predicted octanol–water partition coefficient (Wildman–Crippen LogP) is 2.76. The first-order chi connectivity index (χ1) is 12.6. The van der Waals surface area contributed by atoms with Crippen LogP contribution < -0.4 is 10.9 Å². The minimum absolute atomic E-state index is 0.0243. The third-order valence-corrected chi connectivity index (χ3v) is 5.54. The minimum Gasteiger partial charge on any atom is -0.296 e. The average Bonchev–Trinajstić information content (AvgIpc) is 3.23. The molecule has 0 radical (unpaired) electrons. The van der Waals surface area contributed by atoms with Crippen LogP contribution in [0.3, 0.4) is 0 Å². The standard InChI is InChI=1S/C17H13N5O2S2/c1-10-9-25-17-18-8-12(15(24)22(10)17)14(23)19-16-21-20-13(26-16)7-11-5-3-2-4-6-11/h2-6,8-9H,7H2,1H3,(H,19,21,23). The summed E-state index contributed by atoms with van der Waals surface area (Å²) in [6.45, 7) is 1.80.